The van der Waals surface area contributed by atoms with E-state index in [9.17, 15) is 4.39 Å². The fraction of sp³-hybridized carbons (Fsp3) is 0.120. The van der Waals surface area contributed by atoms with Crippen molar-refractivity contribution in [2.45, 2.75) is 13.8 Å². The SMILES string of the molecule is [C-]#[N+]c1ccc2c(c1)oc1c(-c3cc(F)c4ccccc4[n+]3C)c(C)c(C)cc12. The highest BCUT2D eigenvalue weighted by Gasteiger charge is 2.25. The maximum Gasteiger partial charge on any atom is 0.219 e. The number of hydrogen-bond donors (Lipinski definition) is 0. The van der Waals surface area contributed by atoms with Gasteiger partial charge in [0, 0.05) is 22.9 Å². The minimum absolute atomic E-state index is 0.255. The van der Waals surface area contributed by atoms with Crippen molar-refractivity contribution in [3.63, 3.8) is 0 Å². The van der Waals surface area contributed by atoms with Gasteiger partial charge in [0.15, 0.2) is 5.69 Å². The molecule has 2 aromatic heterocycles. The molecule has 0 aliphatic carbocycles. The molecule has 0 saturated heterocycles. The van der Waals surface area contributed by atoms with Crippen LogP contribution in [0.25, 0.3) is 48.9 Å². The highest BCUT2D eigenvalue weighted by Crippen LogP contribution is 2.40. The number of aryl methyl sites for hydroxylation is 2. The molecule has 2 heterocycles. The fourth-order valence-electron chi connectivity index (χ4n) is 4.14. The maximum atomic E-state index is 15.0. The number of aromatic nitrogens is 1. The monoisotopic (exact) mass is 381 g/mol. The van der Waals surface area contributed by atoms with Crippen LogP contribution in [0.3, 0.4) is 0 Å². The van der Waals surface area contributed by atoms with E-state index in [1.165, 1.54) is 0 Å². The van der Waals surface area contributed by atoms with Crippen molar-refractivity contribution < 1.29 is 13.4 Å². The van der Waals surface area contributed by atoms with Crippen molar-refractivity contribution in [1.29, 1.82) is 0 Å². The van der Waals surface area contributed by atoms with Crippen LogP contribution in [0.1, 0.15) is 11.1 Å². The van der Waals surface area contributed by atoms with E-state index in [1.807, 2.05) is 42.8 Å². The summed E-state index contributed by atoms with van der Waals surface area (Å²) in [4.78, 5) is 3.50. The first kappa shape index (κ1) is 17.4. The predicted molar refractivity (Wildman–Crippen MR) is 114 cm³/mol. The van der Waals surface area contributed by atoms with Gasteiger partial charge in [0.2, 0.25) is 11.2 Å². The lowest BCUT2D eigenvalue weighted by Gasteiger charge is -2.10. The summed E-state index contributed by atoms with van der Waals surface area (Å²) in [6, 6.07) is 16.6. The largest absolute Gasteiger partial charge is 0.456 e. The number of hydrogen-bond acceptors (Lipinski definition) is 1. The summed E-state index contributed by atoms with van der Waals surface area (Å²) < 4.78 is 23.2. The summed E-state index contributed by atoms with van der Waals surface area (Å²) in [6.07, 6.45) is 0. The molecule has 3 nitrogen and oxygen atoms in total. The van der Waals surface area contributed by atoms with Crippen molar-refractivity contribution in [3.05, 3.63) is 83.0 Å². The highest BCUT2D eigenvalue weighted by atomic mass is 19.1. The summed E-state index contributed by atoms with van der Waals surface area (Å²) in [5.41, 5.74) is 6.55. The number of para-hydroxylation sites is 1. The van der Waals surface area contributed by atoms with E-state index in [0.717, 1.165) is 44.3 Å². The molecule has 140 valence electrons. The molecule has 29 heavy (non-hydrogen) atoms. The lowest BCUT2D eigenvalue weighted by molar-refractivity contribution is -0.633. The third kappa shape index (κ3) is 2.44. The molecule has 0 bridgehead atoms. The Morgan fingerprint density at radius 2 is 1.76 bits per heavy atom. The van der Waals surface area contributed by atoms with Crippen LogP contribution >= 0.6 is 0 Å². The topological polar surface area (TPSA) is 21.4 Å². The van der Waals surface area contributed by atoms with E-state index in [0.29, 0.717) is 16.7 Å². The number of furan rings is 1. The first-order valence-corrected chi connectivity index (χ1v) is 9.41. The Morgan fingerprint density at radius 1 is 0.966 bits per heavy atom. The van der Waals surface area contributed by atoms with Crippen LogP contribution in [-0.4, -0.2) is 0 Å². The van der Waals surface area contributed by atoms with E-state index in [1.54, 1.807) is 24.3 Å². The van der Waals surface area contributed by atoms with Crippen LogP contribution in [0.5, 0.6) is 0 Å². The molecule has 0 spiro atoms. The summed E-state index contributed by atoms with van der Waals surface area (Å²) in [6.45, 7) is 11.4. The second-order valence-corrected chi connectivity index (χ2v) is 7.42. The van der Waals surface area contributed by atoms with Gasteiger partial charge in [0.05, 0.1) is 17.5 Å². The maximum absolute atomic E-state index is 15.0. The summed E-state index contributed by atoms with van der Waals surface area (Å²) >= 11 is 0. The Kier molecular flexibility index (Phi) is 3.69. The van der Waals surface area contributed by atoms with Crippen molar-refractivity contribution >= 4 is 38.5 Å². The molecule has 0 unspecified atom stereocenters. The van der Waals surface area contributed by atoms with Crippen LogP contribution in [0.15, 0.2) is 59.0 Å². The van der Waals surface area contributed by atoms with Gasteiger partial charge in [-0.05, 0) is 43.2 Å². The molecule has 0 aliphatic heterocycles. The third-order valence-corrected chi connectivity index (χ3v) is 5.80. The molecule has 0 atom stereocenters. The molecule has 4 heteroatoms. The molecule has 0 radical (unpaired) electrons. The van der Waals surface area contributed by atoms with Gasteiger partial charge in [-0.15, -0.1) is 0 Å². The van der Waals surface area contributed by atoms with Gasteiger partial charge in [-0.2, -0.15) is 4.57 Å². The van der Waals surface area contributed by atoms with Crippen LogP contribution in [0.4, 0.5) is 10.1 Å². The molecular weight excluding hydrogens is 363 g/mol. The lowest BCUT2D eigenvalue weighted by Crippen LogP contribution is -2.32. The zero-order valence-corrected chi connectivity index (χ0v) is 16.4. The Morgan fingerprint density at radius 3 is 2.55 bits per heavy atom. The Hall–Kier alpha value is -3.71. The number of nitrogens with zero attached hydrogens (tertiary/aromatic N) is 2. The number of pyridine rings is 1. The van der Waals surface area contributed by atoms with Crippen LogP contribution < -0.4 is 4.57 Å². The zero-order valence-electron chi connectivity index (χ0n) is 16.4. The van der Waals surface area contributed by atoms with Gasteiger partial charge in [-0.25, -0.2) is 9.24 Å². The van der Waals surface area contributed by atoms with Gasteiger partial charge in [0.1, 0.15) is 24.0 Å². The molecule has 0 fully saturated rings. The summed E-state index contributed by atoms with van der Waals surface area (Å²) in [7, 11) is 1.95. The van der Waals surface area contributed by atoms with Gasteiger partial charge >= 0.3 is 0 Å². The second kappa shape index (κ2) is 6.15. The van der Waals surface area contributed by atoms with E-state index in [4.69, 9.17) is 11.0 Å². The zero-order chi connectivity index (χ0) is 20.3. The molecule has 0 N–H and O–H groups in total. The lowest BCUT2D eigenvalue weighted by atomic mass is 9.95. The number of fused-ring (bicyclic) bond motifs is 4. The molecule has 5 aromatic rings. The first-order chi connectivity index (χ1) is 14.0. The molecule has 5 rings (SSSR count). The fourth-order valence-corrected chi connectivity index (χ4v) is 4.14. The molecule has 0 aliphatic rings. The van der Waals surface area contributed by atoms with Gasteiger partial charge < -0.3 is 4.42 Å². The molecule has 0 amide bonds. The van der Waals surface area contributed by atoms with Crippen LogP contribution in [0.2, 0.25) is 0 Å². The predicted octanol–water partition coefficient (Wildman–Crippen LogP) is 6.54. The Labute approximate surface area is 167 Å². The smallest absolute Gasteiger partial charge is 0.219 e. The molecular formula is C25H18FN2O+. The number of rotatable bonds is 1. The normalized spacial score (nSPS) is 11.4. The standard InChI is InChI=1S/C25H18FN2O/c1-14-11-19-17-10-9-16(27-3)12-23(17)29-25(19)24(15(14)2)22-13-20(26)18-7-5-6-8-21(18)28(22)4/h5-13H,1-2,4H3/q+1. The van der Waals surface area contributed by atoms with Crippen LogP contribution in [0, 0.1) is 26.2 Å². The second-order valence-electron chi connectivity index (χ2n) is 7.42. The van der Waals surface area contributed by atoms with E-state index in [-0.39, 0.29) is 5.82 Å². The summed E-state index contributed by atoms with van der Waals surface area (Å²) in [5, 5.41) is 2.52. The van der Waals surface area contributed by atoms with Crippen molar-refractivity contribution in [1.82, 2.24) is 0 Å². The van der Waals surface area contributed by atoms with E-state index in [2.05, 4.69) is 17.8 Å². The minimum atomic E-state index is -0.255. The van der Waals surface area contributed by atoms with Crippen molar-refractivity contribution in [2.75, 3.05) is 0 Å². The van der Waals surface area contributed by atoms with Gasteiger partial charge in [-0.3, -0.25) is 0 Å². The Bertz CT molecular complexity index is 1510. The Balaban J connectivity index is 1.95. The third-order valence-electron chi connectivity index (χ3n) is 5.80. The van der Waals surface area contributed by atoms with Crippen molar-refractivity contribution in [2.24, 2.45) is 7.05 Å². The molecule has 3 aromatic carbocycles. The van der Waals surface area contributed by atoms with E-state index < -0.39 is 0 Å². The highest BCUT2D eigenvalue weighted by molar-refractivity contribution is 6.10. The summed E-state index contributed by atoms with van der Waals surface area (Å²) in [5.74, 6) is -0.255. The number of benzene rings is 3. The van der Waals surface area contributed by atoms with Gasteiger partial charge in [0.25, 0.3) is 0 Å². The van der Waals surface area contributed by atoms with Gasteiger partial charge in [-0.1, -0.05) is 24.3 Å². The van der Waals surface area contributed by atoms with E-state index >= 15 is 0 Å². The van der Waals surface area contributed by atoms with Crippen LogP contribution in [-0.2, 0) is 7.05 Å². The average Bonchev–Trinajstić information content (AvgIpc) is 3.09. The first-order valence-electron chi connectivity index (χ1n) is 9.41. The minimum Gasteiger partial charge on any atom is -0.456 e. The average molecular weight is 381 g/mol. The quantitative estimate of drug-likeness (QED) is 0.239. The van der Waals surface area contributed by atoms with Crippen molar-refractivity contribution in [3.8, 4) is 11.3 Å². The number of halogens is 1. The molecule has 0 saturated carbocycles.